The van der Waals surface area contributed by atoms with Gasteiger partial charge < -0.3 is 9.47 Å². The predicted octanol–water partition coefficient (Wildman–Crippen LogP) is 3.56. The van der Waals surface area contributed by atoms with Crippen molar-refractivity contribution in [1.82, 2.24) is 4.98 Å². The van der Waals surface area contributed by atoms with Crippen molar-refractivity contribution in [2.75, 3.05) is 14.2 Å². The number of methoxy groups -OCH3 is 2. The van der Waals surface area contributed by atoms with E-state index in [4.69, 9.17) is 9.47 Å². The number of ketones is 2. The van der Waals surface area contributed by atoms with E-state index in [1.807, 2.05) is 0 Å². The minimum absolute atomic E-state index is 0.204. The number of hydrogen-bond acceptors (Lipinski definition) is 5. The minimum Gasteiger partial charge on any atom is -0.497 e. The van der Waals surface area contributed by atoms with Crippen molar-refractivity contribution in [3.05, 3.63) is 89.2 Å². The molecule has 0 unspecified atom stereocenters. The van der Waals surface area contributed by atoms with Crippen LogP contribution in [-0.2, 0) is 0 Å². The zero-order valence-electron chi connectivity index (χ0n) is 14.4. The van der Waals surface area contributed by atoms with Gasteiger partial charge in [-0.25, -0.2) is 0 Å². The Morgan fingerprint density at radius 2 is 1.04 bits per heavy atom. The maximum atomic E-state index is 12.6. The first kappa shape index (κ1) is 17.4. The number of rotatable bonds is 6. The molecule has 1 heterocycles. The molecule has 130 valence electrons. The summed E-state index contributed by atoms with van der Waals surface area (Å²) in [6.45, 7) is 0. The van der Waals surface area contributed by atoms with Crippen LogP contribution in [0.5, 0.6) is 11.5 Å². The summed E-state index contributed by atoms with van der Waals surface area (Å²) in [6, 6.07) is 15.1. The smallest absolute Gasteiger partial charge is 0.194 e. The third kappa shape index (κ3) is 3.62. The number of carbonyl (C=O) groups is 2. The summed E-state index contributed by atoms with van der Waals surface area (Å²) in [5.41, 5.74) is 1.72. The van der Waals surface area contributed by atoms with Gasteiger partial charge in [-0.05, 0) is 54.6 Å². The Bertz CT molecular complexity index is 856. The van der Waals surface area contributed by atoms with Crippen LogP contribution < -0.4 is 9.47 Å². The lowest BCUT2D eigenvalue weighted by Gasteiger charge is -2.06. The number of aromatic nitrogens is 1. The van der Waals surface area contributed by atoms with Gasteiger partial charge in [0.2, 0.25) is 0 Å². The lowest BCUT2D eigenvalue weighted by atomic mass is 10.00. The van der Waals surface area contributed by atoms with Crippen LogP contribution in [0.15, 0.2) is 67.0 Å². The molecule has 0 saturated heterocycles. The van der Waals surface area contributed by atoms with Crippen LogP contribution >= 0.6 is 0 Å². The van der Waals surface area contributed by atoms with Gasteiger partial charge in [0.1, 0.15) is 11.5 Å². The zero-order valence-corrected chi connectivity index (χ0v) is 14.4. The number of benzene rings is 2. The molecule has 0 N–H and O–H groups in total. The second-order valence-electron chi connectivity index (χ2n) is 5.58. The van der Waals surface area contributed by atoms with E-state index < -0.39 is 0 Å². The second kappa shape index (κ2) is 7.61. The fourth-order valence-electron chi connectivity index (χ4n) is 2.51. The van der Waals surface area contributed by atoms with Crippen LogP contribution in [-0.4, -0.2) is 30.8 Å². The van der Waals surface area contributed by atoms with E-state index in [0.717, 1.165) is 0 Å². The van der Waals surface area contributed by atoms with Crippen molar-refractivity contribution in [1.29, 1.82) is 0 Å². The Morgan fingerprint density at radius 3 is 1.38 bits per heavy atom. The average molecular weight is 347 g/mol. The van der Waals surface area contributed by atoms with Gasteiger partial charge in [0, 0.05) is 34.6 Å². The highest BCUT2D eigenvalue weighted by Crippen LogP contribution is 2.18. The maximum absolute atomic E-state index is 12.6. The second-order valence-corrected chi connectivity index (χ2v) is 5.58. The summed E-state index contributed by atoms with van der Waals surface area (Å²) in [4.78, 5) is 29.3. The zero-order chi connectivity index (χ0) is 18.5. The lowest BCUT2D eigenvalue weighted by molar-refractivity contribution is 0.103. The first-order valence-corrected chi connectivity index (χ1v) is 7.95. The van der Waals surface area contributed by atoms with Gasteiger partial charge in [-0.15, -0.1) is 0 Å². The molecule has 5 heteroatoms. The predicted molar refractivity (Wildman–Crippen MR) is 97.1 cm³/mol. The van der Waals surface area contributed by atoms with Crippen LogP contribution in [0.4, 0.5) is 0 Å². The Morgan fingerprint density at radius 1 is 0.654 bits per heavy atom. The molecule has 0 aliphatic heterocycles. The quantitative estimate of drug-likeness (QED) is 0.638. The molecule has 26 heavy (non-hydrogen) atoms. The molecular weight excluding hydrogens is 330 g/mol. The van der Waals surface area contributed by atoms with E-state index in [9.17, 15) is 9.59 Å². The van der Waals surface area contributed by atoms with Crippen LogP contribution in [0.3, 0.4) is 0 Å². The molecule has 3 rings (SSSR count). The molecule has 0 amide bonds. The lowest BCUT2D eigenvalue weighted by Crippen LogP contribution is -2.07. The highest BCUT2D eigenvalue weighted by Gasteiger charge is 2.15. The molecule has 0 saturated carbocycles. The van der Waals surface area contributed by atoms with Gasteiger partial charge in [-0.3, -0.25) is 14.6 Å². The van der Waals surface area contributed by atoms with Gasteiger partial charge in [0.15, 0.2) is 11.6 Å². The van der Waals surface area contributed by atoms with Crippen LogP contribution in [0.1, 0.15) is 31.8 Å². The number of carbonyl (C=O) groups excluding carboxylic acids is 2. The standard InChI is InChI=1S/C21H17NO4/c1-25-18-7-3-14(4-8-18)20(23)16-11-17(13-22-12-16)21(24)15-5-9-19(26-2)10-6-15/h3-13H,1-2H3. The van der Waals surface area contributed by atoms with Crippen molar-refractivity contribution in [3.63, 3.8) is 0 Å². The van der Waals surface area contributed by atoms with Crippen molar-refractivity contribution in [3.8, 4) is 11.5 Å². The molecular formula is C21H17NO4. The SMILES string of the molecule is COc1ccc(C(=O)c2cncc(C(=O)c3ccc(OC)cc3)c2)cc1. The van der Waals surface area contributed by atoms with E-state index in [0.29, 0.717) is 33.8 Å². The summed E-state index contributed by atoms with van der Waals surface area (Å²) in [5, 5.41) is 0. The molecule has 0 atom stereocenters. The summed E-state index contributed by atoms with van der Waals surface area (Å²) in [6.07, 6.45) is 2.91. The van der Waals surface area contributed by atoms with Gasteiger partial charge in [0.05, 0.1) is 14.2 Å². The Labute approximate surface area is 151 Å². The highest BCUT2D eigenvalue weighted by atomic mass is 16.5. The molecule has 0 fully saturated rings. The fraction of sp³-hybridized carbons (Fsp3) is 0.0952. The van der Waals surface area contributed by atoms with Crippen molar-refractivity contribution >= 4 is 11.6 Å². The van der Waals surface area contributed by atoms with E-state index in [2.05, 4.69) is 4.98 Å². The van der Waals surface area contributed by atoms with Crippen molar-refractivity contribution < 1.29 is 19.1 Å². The van der Waals surface area contributed by atoms with E-state index in [1.165, 1.54) is 12.4 Å². The van der Waals surface area contributed by atoms with E-state index in [1.54, 1.807) is 68.8 Å². The first-order valence-electron chi connectivity index (χ1n) is 7.95. The molecule has 1 aromatic heterocycles. The van der Waals surface area contributed by atoms with Gasteiger partial charge in [0.25, 0.3) is 0 Å². The Kier molecular flexibility index (Phi) is 5.08. The maximum Gasteiger partial charge on any atom is 0.194 e. The van der Waals surface area contributed by atoms with Gasteiger partial charge >= 0.3 is 0 Å². The molecule has 2 aromatic carbocycles. The van der Waals surface area contributed by atoms with Gasteiger partial charge in [-0.1, -0.05) is 0 Å². The molecule has 0 aliphatic rings. The fourth-order valence-corrected chi connectivity index (χ4v) is 2.51. The van der Waals surface area contributed by atoms with Crippen molar-refractivity contribution in [2.24, 2.45) is 0 Å². The number of hydrogen-bond donors (Lipinski definition) is 0. The Balaban J connectivity index is 1.86. The summed E-state index contributed by atoms with van der Waals surface area (Å²) in [7, 11) is 3.13. The highest BCUT2D eigenvalue weighted by molar-refractivity contribution is 6.12. The minimum atomic E-state index is -0.204. The van der Waals surface area contributed by atoms with Crippen LogP contribution in [0.2, 0.25) is 0 Å². The van der Waals surface area contributed by atoms with Crippen LogP contribution in [0.25, 0.3) is 0 Å². The van der Waals surface area contributed by atoms with Gasteiger partial charge in [-0.2, -0.15) is 0 Å². The largest absolute Gasteiger partial charge is 0.497 e. The molecule has 0 radical (unpaired) electrons. The molecule has 0 bridgehead atoms. The average Bonchev–Trinajstić information content (AvgIpc) is 2.73. The Hall–Kier alpha value is -3.47. The number of nitrogens with zero attached hydrogens (tertiary/aromatic N) is 1. The van der Waals surface area contributed by atoms with Crippen molar-refractivity contribution in [2.45, 2.75) is 0 Å². The molecule has 5 nitrogen and oxygen atoms in total. The summed E-state index contributed by atoms with van der Waals surface area (Å²) < 4.78 is 10.2. The normalized spacial score (nSPS) is 10.2. The third-order valence-electron chi connectivity index (χ3n) is 3.97. The van der Waals surface area contributed by atoms with E-state index in [-0.39, 0.29) is 11.6 Å². The first-order chi connectivity index (χ1) is 12.6. The third-order valence-corrected chi connectivity index (χ3v) is 3.97. The van der Waals surface area contributed by atoms with E-state index >= 15 is 0 Å². The molecule has 0 aliphatic carbocycles. The monoisotopic (exact) mass is 347 g/mol. The summed E-state index contributed by atoms with van der Waals surface area (Å²) >= 11 is 0. The molecule has 3 aromatic rings. The number of pyridine rings is 1. The van der Waals surface area contributed by atoms with Crippen LogP contribution in [0, 0.1) is 0 Å². The number of ether oxygens (including phenoxy) is 2. The summed E-state index contributed by atoms with van der Waals surface area (Å²) in [5.74, 6) is 0.931. The molecule has 0 spiro atoms. The topological polar surface area (TPSA) is 65.5 Å².